The Bertz CT molecular complexity index is 499. The van der Waals surface area contributed by atoms with Crippen molar-refractivity contribution in [2.24, 2.45) is 5.92 Å². The minimum atomic E-state index is -0.280. The lowest BCUT2D eigenvalue weighted by atomic mass is 9.80. The molecule has 0 spiro atoms. The predicted molar refractivity (Wildman–Crippen MR) is 69.7 cm³/mol. The Kier molecular flexibility index (Phi) is 4.01. The first-order chi connectivity index (χ1) is 8.76. The number of aliphatic hydroxyl groups excluding tert-OH is 1. The second-order valence-corrected chi connectivity index (χ2v) is 4.51. The second-order valence-electron chi connectivity index (χ2n) is 4.51. The first-order valence-electron chi connectivity index (χ1n) is 6.18. The highest BCUT2D eigenvalue weighted by Gasteiger charge is 2.29. The topological polar surface area (TPSA) is 49.3 Å². The van der Waals surface area contributed by atoms with E-state index >= 15 is 0 Å². The number of amides is 1. The third kappa shape index (κ3) is 2.55. The molecule has 94 valence electrons. The Morgan fingerprint density at radius 3 is 3.00 bits per heavy atom. The van der Waals surface area contributed by atoms with E-state index in [9.17, 15) is 9.90 Å². The van der Waals surface area contributed by atoms with Crippen molar-refractivity contribution in [2.45, 2.75) is 25.8 Å². The van der Waals surface area contributed by atoms with Crippen LogP contribution in [0, 0.1) is 17.8 Å². The van der Waals surface area contributed by atoms with E-state index in [0.29, 0.717) is 0 Å². The second kappa shape index (κ2) is 5.70. The molecule has 0 saturated carbocycles. The standard InChI is InChI=1S/C15H17NO2/c1-2-5-14(18)16-15-12(10-17)9-8-11-6-3-4-7-13(11)15/h3-4,6-7,12,15,17H,8-10H2,1H3,(H,16,18). The molecule has 1 amide bonds. The van der Waals surface area contributed by atoms with Crippen LogP contribution >= 0.6 is 0 Å². The van der Waals surface area contributed by atoms with Gasteiger partial charge in [-0.15, -0.1) is 0 Å². The highest BCUT2D eigenvalue weighted by Crippen LogP contribution is 2.33. The van der Waals surface area contributed by atoms with Crippen LogP contribution in [0.4, 0.5) is 0 Å². The molecular weight excluding hydrogens is 226 g/mol. The van der Waals surface area contributed by atoms with E-state index in [1.54, 1.807) is 6.92 Å². The van der Waals surface area contributed by atoms with Crippen molar-refractivity contribution in [3.05, 3.63) is 35.4 Å². The maximum absolute atomic E-state index is 11.6. The number of nitrogens with one attached hydrogen (secondary N) is 1. The van der Waals surface area contributed by atoms with Gasteiger partial charge in [-0.05, 0) is 36.8 Å². The summed E-state index contributed by atoms with van der Waals surface area (Å²) in [5, 5.41) is 12.3. The van der Waals surface area contributed by atoms with E-state index in [0.717, 1.165) is 18.4 Å². The van der Waals surface area contributed by atoms with E-state index in [1.807, 2.05) is 18.2 Å². The van der Waals surface area contributed by atoms with E-state index in [4.69, 9.17) is 0 Å². The van der Waals surface area contributed by atoms with Gasteiger partial charge in [0.25, 0.3) is 5.91 Å². The van der Waals surface area contributed by atoms with Crippen LogP contribution < -0.4 is 5.32 Å². The van der Waals surface area contributed by atoms with Gasteiger partial charge in [0, 0.05) is 12.5 Å². The van der Waals surface area contributed by atoms with Crippen LogP contribution in [0.25, 0.3) is 0 Å². The molecule has 1 aliphatic rings. The van der Waals surface area contributed by atoms with Crippen molar-refractivity contribution >= 4 is 5.91 Å². The number of carbonyl (C=O) groups excluding carboxylic acids is 1. The average molecular weight is 243 g/mol. The third-order valence-corrected chi connectivity index (χ3v) is 3.41. The molecule has 2 unspecified atom stereocenters. The van der Waals surface area contributed by atoms with Crippen LogP contribution in [0.15, 0.2) is 24.3 Å². The van der Waals surface area contributed by atoms with Crippen molar-refractivity contribution in [2.75, 3.05) is 6.61 Å². The number of fused-ring (bicyclic) bond motifs is 1. The van der Waals surface area contributed by atoms with Gasteiger partial charge in [-0.3, -0.25) is 4.79 Å². The molecule has 0 aliphatic heterocycles. The number of benzene rings is 1. The highest BCUT2D eigenvalue weighted by molar-refractivity contribution is 5.93. The molecule has 1 aromatic rings. The number of hydrogen-bond donors (Lipinski definition) is 2. The number of hydrogen-bond acceptors (Lipinski definition) is 2. The molecular formula is C15H17NO2. The summed E-state index contributed by atoms with van der Waals surface area (Å²) in [6, 6.07) is 7.93. The fraction of sp³-hybridized carbons (Fsp3) is 0.400. The van der Waals surface area contributed by atoms with Gasteiger partial charge in [0.05, 0.1) is 6.04 Å². The van der Waals surface area contributed by atoms with Gasteiger partial charge in [0.2, 0.25) is 0 Å². The van der Waals surface area contributed by atoms with Crippen molar-refractivity contribution in [1.29, 1.82) is 0 Å². The quantitative estimate of drug-likeness (QED) is 0.772. The zero-order valence-electron chi connectivity index (χ0n) is 10.4. The maximum atomic E-state index is 11.6. The van der Waals surface area contributed by atoms with Crippen LogP contribution in [0.2, 0.25) is 0 Å². The Morgan fingerprint density at radius 1 is 1.50 bits per heavy atom. The zero-order valence-corrected chi connectivity index (χ0v) is 10.4. The van der Waals surface area contributed by atoms with Crippen LogP contribution in [0.1, 0.15) is 30.5 Å². The first kappa shape index (κ1) is 12.7. The number of aliphatic hydroxyl groups is 1. The monoisotopic (exact) mass is 243 g/mol. The SMILES string of the molecule is CC#CC(=O)NC1c2ccccc2CCC1CO. The highest BCUT2D eigenvalue weighted by atomic mass is 16.3. The normalized spacial score (nSPS) is 21.4. The van der Waals surface area contributed by atoms with E-state index in [2.05, 4.69) is 23.2 Å². The van der Waals surface area contributed by atoms with Crippen molar-refractivity contribution < 1.29 is 9.90 Å². The molecule has 0 aromatic heterocycles. The Balaban J connectivity index is 2.28. The fourth-order valence-corrected chi connectivity index (χ4v) is 2.51. The molecule has 0 bridgehead atoms. The largest absolute Gasteiger partial charge is 0.396 e. The zero-order chi connectivity index (χ0) is 13.0. The lowest BCUT2D eigenvalue weighted by Gasteiger charge is -2.32. The molecule has 3 heteroatoms. The molecule has 1 aliphatic carbocycles. The van der Waals surface area contributed by atoms with Gasteiger partial charge < -0.3 is 10.4 Å². The first-order valence-corrected chi connectivity index (χ1v) is 6.18. The molecule has 2 rings (SSSR count). The summed E-state index contributed by atoms with van der Waals surface area (Å²) in [5.74, 6) is 4.87. The summed E-state index contributed by atoms with van der Waals surface area (Å²) in [7, 11) is 0. The van der Waals surface area contributed by atoms with Gasteiger partial charge in [0.15, 0.2) is 0 Å². The summed E-state index contributed by atoms with van der Waals surface area (Å²) in [4.78, 5) is 11.6. The van der Waals surface area contributed by atoms with Crippen molar-refractivity contribution in [1.82, 2.24) is 5.32 Å². The van der Waals surface area contributed by atoms with E-state index in [-0.39, 0.29) is 24.5 Å². The Labute approximate surface area is 107 Å². The van der Waals surface area contributed by atoms with Gasteiger partial charge in [-0.2, -0.15) is 0 Å². The molecule has 1 aromatic carbocycles. The predicted octanol–water partition coefficient (Wildman–Crippen LogP) is 1.42. The summed E-state index contributed by atoms with van der Waals surface area (Å²) >= 11 is 0. The molecule has 2 N–H and O–H groups in total. The molecule has 0 radical (unpaired) electrons. The summed E-state index contributed by atoms with van der Waals surface area (Å²) < 4.78 is 0. The van der Waals surface area contributed by atoms with Crippen molar-refractivity contribution in [3.8, 4) is 11.8 Å². The smallest absolute Gasteiger partial charge is 0.296 e. The minimum Gasteiger partial charge on any atom is -0.396 e. The van der Waals surface area contributed by atoms with Gasteiger partial charge in [-0.25, -0.2) is 0 Å². The lowest BCUT2D eigenvalue weighted by Crippen LogP contribution is -2.37. The molecule has 3 nitrogen and oxygen atoms in total. The molecule has 2 atom stereocenters. The van der Waals surface area contributed by atoms with Gasteiger partial charge in [0.1, 0.15) is 0 Å². The van der Waals surface area contributed by atoms with E-state index < -0.39 is 0 Å². The Morgan fingerprint density at radius 2 is 2.28 bits per heavy atom. The average Bonchev–Trinajstić information content (AvgIpc) is 2.39. The number of carbonyl (C=O) groups is 1. The fourth-order valence-electron chi connectivity index (χ4n) is 2.51. The van der Waals surface area contributed by atoms with Crippen LogP contribution in [-0.4, -0.2) is 17.6 Å². The van der Waals surface area contributed by atoms with Crippen molar-refractivity contribution in [3.63, 3.8) is 0 Å². The number of rotatable bonds is 2. The molecule has 0 heterocycles. The Hall–Kier alpha value is -1.79. The minimum absolute atomic E-state index is 0.0718. The molecule has 0 fully saturated rings. The number of aryl methyl sites for hydroxylation is 1. The molecule has 0 saturated heterocycles. The van der Waals surface area contributed by atoms with Gasteiger partial charge in [-0.1, -0.05) is 30.2 Å². The van der Waals surface area contributed by atoms with Crippen LogP contribution in [0.3, 0.4) is 0 Å². The summed E-state index contributed by atoms with van der Waals surface area (Å²) in [6.07, 6.45) is 1.84. The summed E-state index contributed by atoms with van der Waals surface area (Å²) in [6.45, 7) is 1.72. The van der Waals surface area contributed by atoms with Crippen LogP contribution in [0.5, 0.6) is 0 Å². The van der Waals surface area contributed by atoms with E-state index in [1.165, 1.54) is 5.56 Å². The maximum Gasteiger partial charge on any atom is 0.296 e. The third-order valence-electron chi connectivity index (χ3n) is 3.41. The molecule has 18 heavy (non-hydrogen) atoms. The lowest BCUT2D eigenvalue weighted by molar-refractivity contribution is -0.117. The summed E-state index contributed by atoms with van der Waals surface area (Å²) in [5.41, 5.74) is 2.35. The van der Waals surface area contributed by atoms with Gasteiger partial charge >= 0.3 is 0 Å². The van der Waals surface area contributed by atoms with Crippen LogP contribution in [-0.2, 0) is 11.2 Å².